The molecule has 1 unspecified atom stereocenters. The maximum atomic E-state index is 11.1. The topological polar surface area (TPSA) is 43.1 Å². The Morgan fingerprint density at radius 1 is 1.43 bits per heavy atom. The third-order valence-electron chi connectivity index (χ3n) is 2.18. The fourth-order valence-corrected chi connectivity index (χ4v) is 1.40. The lowest BCUT2D eigenvalue weighted by Gasteiger charge is -2.10. The monoisotopic (exact) mass is 189 g/mol. The number of allylic oxidation sites excluding steroid dienone is 1. The molecule has 2 N–H and O–H groups in total. The molecule has 1 rings (SSSR count). The Hall–Kier alpha value is -1.57. The molecule has 0 bridgehead atoms. The number of amides is 1. The van der Waals surface area contributed by atoms with Crippen LogP contribution in [0.1, 0.15) is 12.0 Å². The highest BCUT2D eigenvalue weighted by Crippen LogP contribution is 2.12. The molecular weight excluding hydrogens is 174 g/mol. The fourth-order valence-electron chi connectivity index (χ4n) is 1.40. The Kier molecular flexibility index (Phi) is 3.92. The summed E-state index contributed by atoms with van der Waals surface area (Å²) in [4.78, 5) is 11.1. The predicted octanol–water partition coefficient (Wildman–Crippen LogP) is 1.91. The van der Waals surface area contributed by atoms with Crippen LogP contribution in [-0.4, -0.2) is 5.91 Å². The van der Waals surface area contributed by atoms with Crippen molar-refractivity contribution in [2.24, 2.45) is 11.7 Å². The van der Waals surface area contributed by atoms with Gasteiger partial charge in [-0.2, -0.15) is 0 Å². The van der Waals surface area contributed by atoms with Crippen LogP contribution in [0.15, 0.2) is 43.0 Å². The first-order chi connectivity index (χ1) is 6.74. The molecule has 1 aromatic carbocycles. The quantitative estimate of drug-likeness (QED) is 0.706. The van der Waals surface area contributed by atoms with E-state index in [0.29, 0.717) is 12.8 Å². The first kappa shape index (κ1) is 10.5. The number of carbonyl (C=O) groups excluding carboxylic acids is 1. The van der Waals surface area contributed by atoms with Crippen molar-refractivity contribution in [2.45, 2.75) is 12.8 Å². The maximum Gasteiger partial charge on any atom is 0.221 e. The van der Waals surface area contributed by atoms with Gasteiger partial charge in [-0.05, 0) is 18.4 Å². The Bertz CT molecular complexity index is 305. The van der Waals surface area contributed by atoms with Crippen molar-refractivity contribution >= 4 is 5.91 Å². The molecule has 74 valence electrons. The van der Waals surface area contributed by atoms with Gasteiger partial charge in [0, 0.05) is 5.92 Å². The van der Waals surface area contributed by atoms with Gasteiger partial charge in [0.05, 0.1) is 0 Å². The first-order valence-electron chi connectivity index (χ1n) is 4.68. The summed E-state index contributed by atoms with van der Waals surface area (Å²) in [6, 6.07) is 9.87. The first-order valence-corrected chi connectivity index (χ1v) is 4.68. The molecule has 0 radical (unpaired) electrons. The van der Waals surface area contributed by atoms with Crippen LogP contribution < -0.4 is 5.73 Å². The van der Waals surface area contributed by atoms with Crippen LogP contribution in [0.2, 0.25) is 0 Å². The minimum absolute atomic E-state index is 0.130. The zero-order chi connectivity index (χ0) is 10.4. The van der Waals surface area contributed by atoms with E-state index in [9.17, 15) is 4.79 Å². The summed E-state index contributed by atoms with van der Waals surface area (Å²) in [6.07, 6.45) is 3.07. The molecule has 0 aliphatic rings. The lowest BCUT2D eigenvalue weighted by atomic mass is 9.96. The molecule has 2 nitrogen and oxygen atoms in total. The summed E-state index contributed by atoms with van der Waals surface area (Å²) < 4.78 is 0. The van der Waals surface area contributed by atoms with Gasteiger partial charge in [-0.15, -0.1) is 6.58 Å². The van der Waals surface area contributed by atoms with Crippen molar-refractivity contribution in [3.8, 4) is 0 Å². The smallest absolute Gasteiger partial charge is 0.221 e. The van der Waals surface area contributed by atoms with Crippen LogP contribution in [-0.2, 0) is 11.2 Å². The van der Waals surface area contributed by atoms with Crippen LogP contribution in [0.3, 0.4) is 0 Å². The van der Waals surface area contributed by atoms with Gasteiger partial charge in [-0.3, -0.25) is 4.79 Å². The standard InChI is InChI=1S/C12H15NO/c1-2-6-11(12(13)14)9-10-7-4-3-5-8-10/h2-5,7-8,11H,1,6,9H2,(H2,13,14). The van der Waals surface area contributed by atoms with Gasteiger partial charge in [0.25, 0.3) is 0 Å². The van der Waals surface area contributed by atoms with E-state index in [0.717, 1.165) is 5.56 Å². The second kappa shape index (κ2) is 5.22. The number of hydrogen-bond acceptors (Lipinski definition) is 1. The number of rotatable bonds is 5. The van der Waals surface area contributed by atoms with E-state index >= 15 is 0 Å². The lowest BCUT2D eigenvalue weighted by Crippen LogP contribution is -2.24. The van der Waals surface area contributed by atoms with Crippen molar-refractivity contribution < 1.29 is 4.79 Å². The second-order valence-electron chi connectivity index (χ2n) is 3.31. The normalized spacial score (nSPS) is 12.0. The van der Waals surface area contributed by atoms with Crippen molar-refractivity contribution in [1.29, 1.82) is 0 Å². The predicted molar refractivity (Wildman–Crippen MR) is 57.6 cm³/mol. The number of hydrogen-bond donors (Lipinski definition) is 1. The maximum absolute atomic E-state index is 11.1. The third-order valence-corrected chi connectivity index (χ3v) is 2.18. The van der Waals surface area contributed by atoms with E-state index in [1.165, 1.54) is 0 Å². The van der Waals surface area contributed by atoms with E-state index in [4.69, 9.17) is 5.73 Å². The largest absolute Gasteiger partial charge is 0.369 e. The Balaban J connectivity index is 2.64. The highest BCUT2D eigenvalue weighted by molar-refractivity contribution is 5.77. The van der Waals surface area contributed by atoms with Crippen molar-refractivity contribution in [1.82, 2.24) is 0 Å². The van der Waals surface area contributed by atoms with E-state index < -0.39 is 0 Å². The summed E-state index contributed by atoms with van der Waals surface area (Å²) in [7, 11) is 0. The zero-order valence-corrected chi connectivity index (χ0v) is 8.15. The molecule has 2 heteroatoms. The van der Waals surface area contributed by atoms with Crippen molar-refractivity contribution in [3.05, 3.63) is 48.6 Å². The number of benzene rings is 1. The third kappa shape index (κ3) is 3.05. The van der Waals surface area contributed by atoms with Gasteiger partial charge in [-0.25, -0.2) is 0 Å². The minimum atomic E-state index is -0.256. The SMILES string of the molecule is C=CCC(Cc1ccccc1)C(N)=O. The summed E-state index contributed by atoms with van der Waals surface area (Å²) >= 11 is 0. The Morgan fingerprint density at radius 3 is 2.57 bits per heavy atom. The highest BCUT2D eigenvalue weighted by atomic mass is 16.1. The molecule has 0 saturated heterocycles. The van der Waals surface area contributed by atoms with Crippen LogP contribution >= 0.6 is 0 Å². The van der Waals surface area contributed by atoms with E-state index in [2.05, 4.69) is 6.58 Å². The van der Waals surface area contributed by atoms with Gasteiger partial charge in [0.1, 0.15) is 0 Å². The van der Waals surface area contributed by atoms with E-state index in [1.54, 1.807) is 6.08 Å². The van der Waals surface area contributed by atoms with Gasteiger partial charge in [0.2, 0.25) is 5.91 Å². The second-order valence-corrected chi connectivity index (χ2v) is 3.31. The molecule has 1 atom stereocenters. The minimum Gasteiger partial charge on any atom is -0.369 e. The Labute approximate surface area is 84.4 Å². The average molecular weight is 189 g/mol. The molecule has 1 amide bonds. The van der Waals surface area contributed by atoms with Gasteiger partial charge < -0.3 is 5.73 Å². The van der Waals surface area contributed by atoms with Gasteiger partial charge in [0.15, 0.2) is 0 Å². The summed E-state index contributed by atoms with van der Waals surface area (Å²) in [5, 5.41) is 0. The fraction of sp³-hybridized carbons (Fsp3) is 0.250. The molecule has 1 aromatic rings. The Morgan fingerprint density at radius 2 is 2.07 bits per heavy atom. The van der Waals surface area contributed by atoms with Crippen LogP contribution in [0, 0.1) is 5.92 Å². The van der Waals surface area contributed by atoms with Crippen molar-refractivity contribution in [3.63, 3.8) is 0 Å². The van der Waals surface area contributed by atoms with E-state index in [1.807, 2.05) is 30.3 Å². The zero-order valence-electron chi connectivity index (χ0n) is 8.15. The number of nitrogens with two attached hydrogens (primary N) is 1. The van der Waals surface area contributed by atoms with Crippen LogP contribution in [0.4, 0.5) is 0 Å². The molecule has 0 aromatic heterocycles. The molecule has 0 aliphatic heterocycles. The summed E-state index contributed by atoms with van der Waals surface area (Å²) in [6.45, 7) is 3.62. The molecule has 0 fully saturated rings. The van der Waals surface area contributed by atoms with Crippen LogP contribution in [0.25, 0.3) is 0 Å². The number of carbonyl (C=O) groups is 1. The molecule has 0 spiro atoms. The van der Waals surface area contributed by atoms with Crippen LogP contribution in [0.5, 0.6) is 0 Å². The molecular formula is C12H15NO. The van der Waals surface area contributed by atoms with Crippen molar-refractivity contribution in [2.75, 3.05) is 0 Å². The van der Waals surface area contributed by atoms with Gasteiger partial charge in [-0.1, -0.05) is 36.4 Å². The summed E-state index contributed by atoms with van der Waals surface area (Å²) in [5.74, 6) is -0.386. The van der Waals surface area contributed by atoms with Gasteiger partial charge >= 0.3 is 0 Å². The average Bonchev–Trinajstić information content (AvgIpc) is 2.18. The molecule has 0 heterocycles. The van der Waals surface area contributed by atoms with E-state index in [-0.39, 0.29) is 11.8 Å². The summed E-state index contributed by atoms with van der Waals surface area (Å²) in [5.41, 5.74) is 6.42. The highest BCUT2D eigenvalue weighted by Gasteiger charge is 2.13. The number of primary amides is 1. The molecule has 14 heavy (non-hydrogen) atoms. The lowest BCUT2D eigenvalue weighted by molar-refractivity contribution is -0.121. The molecule has 0 saturated carbocycles. The molecule has 0 aliphatic carbocycles.